The Bertz CT molecular complexity index is 800. The number of rotatable bonds is 5. The maximum atomic E-state index is 11.9. The highest BCUT2D eigenvalue weighted by atomic mass is 16.5. The minimum absolute atomic E-state index is 0.113. The fraction of sp³-hybridized carbons (Fsp3) is 0.118. The molecule has 3 rings (SSSR count). The molecule has 0 bridgehead atoms. The molecule has 0 spiro atoms. The molecule has 0 unspecified atom stereocenters. The Hall–Kier alpha value is -3.15. The number of anilines is 1. The number of nitrogens with zero attached hydrogens (tertiary/aromatic N) is 2. The molecule has 0 atom stereocenters. The summed E-state index contributed by atoms with van der Waals surface area (Å²) in [7, 11) is 0. The zero-order valence-electron chi connectivity index (χ0n) is 12.5. The number of hydrogen-bond acceptors (Lipinski definition) is 5. The number of amides is 1. The molecule has 0 radical (unpaired) electrons. The van der Waals surface area contributed by atoms with Crippen molar-refractivity contribution in [3.63, 3.8) is 0 Å². The van der Waals surface area contributed by atoms with Crippen molar-refractivity contribution in [1.82, 2.24) is 10.1 Å². The largest absolute Gasteiger partial charge is 0.484 e. The van der Waals surface area contributed by atoms with E-state index in [1.807, 2.05) is 55.5 Å². The Labute approximate surface area is 133 Å². The number of aromatic nitrogens is 2. The van der Waals surface area contributed by atoms with E-state index in [4.69, 9.17) is 9.26 Å². The van der Waals surface area contributed by atoms with Gasteiger partial charge in [-0.25, -0.2) is 0 Å². The number of nitrogens with one attached hydrogen (secondary N) is 1. The summed E-state index contributed by atoms with van der Waals surface area (Å²) < 4.78 is 10.5. The lowest BCUT2D eigenvalue weighted by Crippen LogP contribution is -2.20. The third kappa shape index (κ3) is 3.94. The van der Waals surface area contributed by atoms with Crippen LogP contribution in [0.1, 0.15) is 5.56 Å². The van der Waals surface area contributed by atoms with E-state index in [0.717, 1.165) is 11.1 Å². The van der Waals surface area contributed by atoms with E-state index in [9.17, 15) is 4.79 Å². The van der Waals surface area contributed by atoms with Gasteiger partial charge in [-0.2, -0.15) is 4.98 Å². The molecule has 0 fully saturated rings. The Morgan fingerprint density at radius 1 is 1.17 bits per heavy atom. The summed E-state index contributed by atoms with van der Waals surface area (Å²) in [6.07, 6.45) is 0. The SMILES string of the molecule is Cc1cccc(OCC(=O)Nc2noc(-c3ccccc3)n2)c1. The summed E-state index contributed by atoms with van der Waals surface area (Å²) in [5, 5.41) is 6.27. The number of benzene rings is 2. The van der Waals surface area contributed by atoms with Gasteiger partial charge in [0, 0.05) is 5.56 Å². The fourth-order valence-corrected chi connectivity index (χ4v) is 1.99. The molecule has 3 aromatic rings. The second-order valence-corrected chi connectivity index (χ2v) is 4.94. The molecule has 116 valence electrons. The summed E-state index contributed by atoms with van der Waals surface area (Å²) >= 11 is 0. The first-order valence-electron chi connectivity index (χ1n) is 7.09. The van der Waals surface area contributed by atoms with Gasteiger partial charge in [0.1, 0.15) is 5.75 Å². The molecule has 0 saturated carbocycles. The van der Waals surface area contributed by atoms with Crippen LogP contribution in [0.4, 0.5) is 5.95 Å². The molecule has 1 heterocycles. The normalized spacial score (nSPS) is 10.3. The topological polar surface area (TPSA) is 77.2 Å². The Balaban J connectivity index is 1.57. The quantitative estimate of drug-likeness (QED) is 0.783. The maximum Gasteiger partial charge on any atom is 0.270 e. The second-order valence-electron chi connectivity index (χ2n) is 4.94. The monoisotopic (exact) mass is 309 g/mol. The summed E-state index contributed by atoms with van der Waals surface area (Å²) in [6, 6.07) is 16.8. The minimum Gasteiger partial charge on any atom is -0.484 e. The van der Waals surface area contributed by atoms with Crippen LogP contribution in [0.2, 0.25) is 0 Å². The van der Waals surface area contributed by atoms with Crippen LogP contribution in [0, 0.1) is 6.92 Å². The molecule has 0 saturated heterocycles. The van der Waals surface area contributed by atoms with E-state index in [2.05, 4.69) is 15.5 Å². The van der Waals surface area contributed by atoms with Crippen molar-refractivity contribution in [1.29, 1.82) is 0 Å². The molecule has 0 aliphatic rings. The van der Waals surface area contributed by atoms with Gasteiger partial charge in [0.15, 0.2) is 6.61 Å². The lowest BCUT2D eigenvalue weighted by atomic mass is 10.2. The summed E-state index contributed by atoms with van der Waals surface area (Å²) in [4.78, 5) is 16.0. The Morgan fingerprint density at radius 3 is 2.78 bits per heavy atom. The number of ether oxygens (including phenoxy) is 1. The van der Waals surface area contributed by atoms with Crippen molar-refractivity contribution in [2.24, 2.45) is 0 Å². The van der Waals surface area contributed by atoms with Gasteiger partial charge in [0.25, 0.3) is 17.7 Å². The third-order valence-electron chi connectivity index (χ3n) is 3.06. The smallest absolute Gasteiger partial charge is 0.270 e. The summed E-state index contributed by atoms with van der Waals surface area (Å²) in [5.41, 5.74) is 1.85. The number of aryl methyl sites for hydroxylation is 1. The van der Waals surface area contributed by atoms with Crippen molar-refractivity contribution in [2.45, 2.75) is 6.92 Å². The predicted molar refractivity (Wildman–Crippen MR) is 85.0 cm³/mol. The fourth-order valence-electron chi connectivity index (χ4n) is 1.99. The third-order valence-corrected chi connectivity index (χ3v) is 3.06. The molecule has 0 aliphatic heterocycles. The molecule has 23 heavy (non-hydrogen) atoms. The van der Waals surface area contributed by atoms with Gasteiger partial charge in [-0.05, 0) is 41.9 Å². The van der Waals surface area contributed by atoms with Crippen molar-refractivity contribution in [2.75, 3.05) is 11.9 Å². The lowest BCUT2D eigenvalue weighted by molar-refractivity contribution is -0.118. The molecule has 6 heteroatoms. The predicted octanol–water partition coefficient (Wildman–Crippen LogP) is 3.06. The highest BCUT2D eigenvalue weighted by Crippen LogP contribution is 2.17. The zero-order chi connectivity index (χ0) is 16.1. The van der Waals surface area contributed by atoms with E-state index in [1.165, 1.54) is 0 Å². The first kappa shape index (κ1) is 14.8. The van der Waals surface area contributed by atoms with Gasteiger partial charge in [0.05, 0.1) is 0 Å². The first-order chi connectivity index (χ1) is 11.2. The summed E-state index contributed by atoms with van der Waals surface area (Å²) in [5.74, 6) is 0.743. The molecule has 6 nitrogen and oxygen atoms in total. The van der Waals surface area contributed by atoms with E-state index < -0.39 is 0 Å². The van der Waals surface area contributed by atoms with Gasteiger partial charge in [0.2, 0.25) is 0 Å². The van der Waals surface area contributed by atoms with Gasteiger partial charge >= 0.3 is 0 Å². The van der Waals surface area contributed by atoms with Crippen LogP contribution in [-0.4, -0.2) is 22.7 Å². The maximum absolute atomic E-state index is 11.9. The average Bonchev–Trinajstić information content (AvgIpc) is 3.02. The van der Waals surface area contributed by atoms with Gasteiger partial charge < -0.3 is 9.26 Å². The van der Waals surface area contributed by atoms with Crippen LogP contribution in [0.3, 0.4) is 0 Å². The van der Waals surface area contributed by atoms with Crippen molar-refractivity contribution in [3.05, 3.63) is 60.2 Å². The van der Waals surface area contributed by atoms with Gasteiger partial charge in [-0.1, -0.05) is 30.3 Å². The van der Waals surface area contributed by atoms with Crippen LogP contribution < -0.4 is 10.1 Å². The highest BCUT2D eigenvalue weighted by molar-refractivity contribution is 5.90. The van der Waals surface area contributed by atoms with Crippen LogP contribution in [0.5, 0.6) is 5.75 Å². The molecule has 0 aliphatic carbocycles. The molecule has 1 aromatic heterocycles. The number of carbonyl (C=O) groups excluding carboxylic acids is 1. The average molecular weight is 309 g/mol. The van der Waals surface area contributed by atoms with E-state index >= 15 is 0 Å². The van der Waals surface area contributed by atoms with Gasteiger partial charge in [-0.3, -0.25) is 10.1 Å². The van der Waals surface area contributed by atoms with Crippen LogP contribution in [0.15, 0.2) is 59.1 Å². The van der Waals surface area contributed by atoms with E-state index in [1.54, 1.807) is 6.07 Å². The highest BCUT2D eigenvalue weighted by Gasteiger charge is 2.11. The Kier molecular flexibility index (Phi) is 4.33. The zero-order valence-corrected chi connectivity index (χ0v) is 12.5. The van der Waals surface area contributed by atoms with E-state index in [0.29, 0.717) is 11.6 Å². The van der Waals surface area contributed by atoms with E-state index in [-0.39, 0.29) is 18.5 Å². The lowest BCUT2D eigenvalue weighted by Gasteiger charge is -2.05. The van der Waals surface area contributed by atoms with Crippen LogP contribution >= 0.6 is 0 Å². The molecule has 2 aromatic carbocycles. The molecular weight excluding hydrogens is 294 g/mol. The van der Waals surface area contributed by atoms with Crippen molar-refractivity contribution in [3.8, 4) is 17.2 Å². The van der Waals surface area contributed by atoms with Crippen molar-refractivity contribution >= 4 is 11.9 Å². The van der Waals surface area contributed by atoms with Crippen LogP contribution in [-0.2, 0) is 4.79 Å². The molecule has 1 amide bonds. The Morgan fingerprint density at radius 2 is 2.00 bits per heavy atom. The minimum atomic E-state index is -0.355. The van der Waals surface area contributed by atoms with Crippen LogP contribution in [0.25, 0.3) is 11.5 Å². The number of carbonyl (C=O) groups is 1. The van der Waals surface area contributed by atoms with Crippen molar-refractivity contribution < 1.29 is 14.1 Å². The first-order valence-corrected chi connectivity index (χ1v) is 7.09. The number of hydrogen-bond donors (Lipinski definition) is 1. The standard InChI is InChI=1S/C17H15N3O3/c1-12-6-5-9-14(10-12)22-11-15(21)18-17-19-16(23-20-17)13-7-3-2-4-8-13/h2-10H,11H2,1H3,(H,18,20,21). The molecular formula is C17H15N3O3. The second kappa shape index (κ2) is 6.74. The summed E-state index contributed by atoms with van der Waals surface area (Å²) in [6.45, 7) is 1.83. The molecule has 1 N–H and O–H groups in total. The van der Waals surface area contributed by atoms with Gasteiger partial charge in [-0.15, -0.1) is 0 Å².